The number of nitrogens with two attached hydrogens (primary N) is 1. The highest BCUT2D eigenvalue weighted by molar-refractivity contribution is 7.89. The van der Waals surface area contributed by atoms with E-state index in [1.54, 1.807) is 6.07 Å². The van der Waals surface area contributed by atoms with Crippen molar-refractivity contribution >= 4 is 39.1 Å². The fourth-order valence-electron chi connectivity index (χ4n) is 2.26. The summed E-state index contributed by atoms with van der Waals surface area (Å²) in [5.74, 6) is 0.211. The average Bonchev–Trinajstić information content (AvgIpc) is 3.28. The third kappa shape index (κ3) is 5.06. The van der Waals surface area contributed by atoms with Gasteiger partial charge in [0.25, 0.3) is 0 Å². The van der Waals surface area contributed by atoms with Crippen LogP contribution >= 0.6 is 23.2 Å². The number of nitrogens with one attached hydrogen (secondary N) is 2. The van der Waals surface area contributed by atoms with Crippen LogP contribution in [-0.4, -0.2) is 33.5 Å². The molecule has 2 rings (SSSR count). The predicted molar refractivity (Wildman–Crippen MR) is 90.0 cm³/mol. The van der Waals surface area contributed by atoms with E-state index in [1.165, 1.54) is 12.1 Å². The van der Waals surface area contributed by atoms with Crippen molar-refractivity contribution in [3.63, 3.8) is 0 Å². The van der Waals surface area contributed by atoms with Gasteiger partial charge in [-0.3, -0.25) is 4.79 Å². The molecular weight excluding hydrogens is 361 g/mol. The molecular formula is C14H19Cl2N3O3S. The minimum absolute atomic E-state index is 0.0184. The smallest absolute Gasteiger partial charge is 0.243 e. The fraction of sp³-hybridized carbons (Fsp3) is 0.500. The largest absolute Gasteiger partial charge is 0.352 e. The summed E-state index contributed by atoms with van der Waals surface area (Å²) in [7, 11) is -3.87. The number of amides is 1. The molecule has 4 N–H and O–H groups in total. The van der Waals surface area contributed by atoms with Gasteiger partial charge in [-0.2, -0.15) is 0 Å². The van der Waals surface area contributed by atoms with Crippen molar-refractivity contribution in [2.45, 2.75) is 30.2 Å². The van der Waals surface area contributed by atoms with Crippen LogP contribution in [0.15, 0.2) is 23.1 Å². The predicted octanol–water partition coefficient (Wildman–Crippen LogP) is 1.52. The first-order chi connectivity index (χ1) is 10.8. The second kappa shape index (κ2) is 7.81. The van der Waals surface area contributed by atoms with E-state index in [9.17, 15) is 13.2 Å². The third-order valence-electron chi connectivity index (χ3n) is 3.62. The Morgan fingerprint density at radius 1 is 1.30 bits per heavy atom. The molecule has 0 bridgehead atoms. The Bertz CT molecular complexity index is 658. The molecule has 128 valence electrons. The lowest BCUT2D eigenvalue weighted by Gasteiger charge is -2.16. The Kier molecular flexibility index (Phi) is 6.27. The Morgan fingerprint density at radius 2 is 1.91 bits per heavy atom. The van der Waals surface area contributed by atoms with Gasteiger partial charge in [0.2, 0.25) is 15.9 Å². The maximum absolute atomic E-state index is 12.2. The van der Waals surface area contributed by atoms with E-state index >= 15 is 0 Å². The Morgan fingerprint density at radius 3 is 2.43 bits per heavy atom. The summed E-state index contributed by atoms with van der Waals surface area (Å²) in [4.78, 5) is 11.7. The average molecular weight is 380 g/mol. The van der Waals surface area contributed by atoms with Crippen LogP contribution in [0.2, 0.25) is 10.0 Å². The zero-order chi connectivity index (χ0) is 17.0. The van der Waals surface area contributed by atoms with Crippen molar-refractivity contribution in [2.75, 3.05) is 13.1 Å². The SMILES string of the molecule is NCC(NC(=O)CCNS(=O)(=O)c1c(Cl)cccc1Cl)C1CC1. The van der Waals surface area contributed by atoms with Crippen molar-refractivity contribution in [3.05, 3.63) is 28.2 Å². The minimum atomic E-state index is -3.87. The number of sulfonamides is 1. The van der Waals surface area contributed by atoms with E-state index in [2.05, 4.69) is 10.0 Å². The van der Waals surface area contributed by atoms with Crippen LogP contribution in [0.25, 0.3) is 0 Å². The van der Waals surface area contributed by atoms with Crippen molar-refractivity contribution in [1.82, 2.24) is 10.0 Å². The summed E-state index contributed by atoms with van der Waals surface area (Å²) >= 11 is 11.8. The number of benzene rings is 1. The fourth-order valence-corrected chi connectivity index (χ4v) is 4.43. The molecule has 1 saturated carbocycles. The van der Waals surface area contributed by atoms with Gasteiger partial charge in [0, 0.05) is 25.6 Å². The molecule has 1 aliphatic rings. The first-order valence-corrected chi connectivity index (χ1v) is 9.52. The molecule has 0 saturated heterocycles. The molecule has 0 spiro atoms. The molecule has 1 amide bonds. The molecule has 1 aromatic rings. The molecule has 1 fully saturated rings. The van der Waals surface area contributed by atoms with Gasteiger partial charge in [-0.25, -0.2) is 13.1 Å². The van der Waals surface area contributed by atoms with Crippen LogP contribution in [0.5, 0.6) is 0 Å². The zero-order valence-electron chi connectivity index (χ0n) is 12.4. The van der Waals surface area contributed by atoms with E-state index < -0.39 is 10.0 Å². The van der Waals surface area contributed by atoms with Gasteiger partial charge in [-0.05, 0) is 30.9 Å². The summed E-state index contributed by atoms with van der Waals surface area (Å²) in [5.41, 5.74) is 5.61. The second-order valence-corrected chi connectivity index (χ2v) is 7.96. The van der Waals surface area contributed by atoms with Gasteiger partial charge in [-0.1, -0.05) is 29.3 Å². The van der Waals surface area contributed by atoms with E-state index in [0.717, 1.165) is 12.8 Å². The standard InChI is InChI=1S/C14H19Cl2N3O3S/c15-10-2-1-3-11(16)14(10)23(21,22)18-7-6-13(20)19-12(8-17)9-4-5-9/h1-3,9,12,18H,4-8,17H2,(H,19,20). The van der Waals surface area contributed by atoms with Crippen molar-refractivity contribution < 1.29 is 13.2 Å². The third-order valence-corrected chi connectivity index (χ3v) is 6.04. The van der Waals surface area contributed by atoms with Gasteiger partial charge in [0.05, 0.1) is 10.0 Å². The van der Waals surface area contributed by atoms with Gasteiger partial charge in [0.15, 0.2) is 0 Å². The molecule has 0 aliphatic heterocycles. The zero-order valence-corrected chi connectivity index (χ0v) is 14.7. The monoisotopic (exact) mass is 379 g/mol. The van der Waals surface area contributed by atoms with E-state index in [0.29, 0.717) is 12.5 Å². The van der Waals surface area contributed by atoms with E-state index in [1.807, 2.05) is 0 Å². The maximum Gasteiger partial charge on any atom is 0.243 e. The van der Waals surface area contributed by atoms with Gasteiger partial charge < -0.3 is 11.1 Å². The summed E-state index contributed by atoms with van der Waals surface area (Å²) in [5, 5.41) is 2.89. The first-order valence-electron chi connectivity index (χ1n) is 7.28. The molecule has 23 heavy (non-hydrogen) atoms. The molecule has 0 heterocycles. The lowest BCUT2D eigenvalue weighted by atomic mass is 10.2. The molecule has 1 aliphatic carbocycles. The number of rotatable bonds is 8. The van der Waals surface area contributed by atoms with E-state index in [4.69, 9.17) is 28.9 Å². The molecule has 1 aromatic carbocycles. The Hall–Kier alpha value is -0.860. The minimum Gasteiger partial charge on any atom is -0.352 e. The number of hydrogen-bond donors (Lipinski definition) is 3. The highest BCUT2D eigenvalue weighted by Gasteiger charge is 2.31. The number of halogens is 2. The summed E-state index contributed by atoms with van der Waals surface area (Å²) in [6.45, 7) is 0.342. The van der Waals surface area contributed by atoms with Crippen LogP contribution in [0.4, 0.5) is 0 Å². The maximum atomic E-state index is 12.2. The summed E-state index contributed by atoms with van der Waals surface area (Å²) in [6, 6.07) is 4.41. The van der Waals surface area contributed by atoms with Crippen LogP contribution in [-0.2, 0) is 14.8 Å². The van der Waals surface area contributed by atoms with Crippen LogP contribution in [0.1, 0.15) is 19.3 Å². The van der Waals surface area contributed by atoms with Crippen molar-refractivity contribution in [1.29, 1.82) is 0 Å². The van der Waals surface area contributed by atoms with Crippen molar-refractivity contribution in [3.8, 4) is 0 Å². The number of hydrogen-bond acceptors (Lipinski definition) is 4. The lowest BCUT2D eigenvalue weighted by Crippen LogP contribution is -2.42. The van der Waals surface area contributed by atoms with Gasteiger partial charge in [-0.15, -0.1) is 0 Å². The molecule has 1 unspecified atom stereocenters. The molecule has 1 atom stereocenters. The highest BCUT2D eigenvalue weighted by Crippen LogP contribution is 2.32. The number of carbonyl (C=O) groups excluding carboxylic acids is 1. The van der Waals surface area contributed by atoms with Crippen molar-refractivity contribution in [2.24, 2.45) is 11.7 Å². The quantitative estimate of drug-likeness (QED) is 0.636. The van der Waals surface area contributed by atoms with Crippen LogP contribution in [0, 0.1) is 5.92 Å². The van der Waals surface area contributed by atoms with Gasteiger partial charge >= 0.3 is 0 Å². The normalized spacial score (nSPS) is 16.1. The second-order valence-electron chi connectivity index (χ2n) is 5.45. The van der Waals surface area contributed by atoms with Gasteiger partial charge in [0.1, 0.15) is 4.90 Å². The molecule has 6 nitrogen and oxygen atoms in total. The molecule has 0 aromatic heterocycles. The Balaban J connectivity index is 1.88. The first kappa shape index (κ1) is 18.5. The highest BCUT2D eigenvalue weighted by atomic mass is 35.5. The molecule has 0 radical (unpaired) electrons. The summed E-state index contributed by atoms with van der Waals surface area (Å²) < 4.78 is 26.8. The topological polar surface area (TPSA) is 101 Å². The summed E-state index contributed by atoms with van der Waals surface area (Å²) in [6.07, 6.45) is 2.16. The Labute approximate surface area is 145 Å². The van der Waals surface area contributed by atoms with Crippen LogP contribution in [0.3, 0.4) is 0 Å². The van der Waals surface area contributed by atoms with E-state index in [-0.39, 0.29) is 39.9 Å². The van der Waals surface area contributed by atoms with Crippen LogP contribution < -0.4 is 15.8 Å². The lowest BCUT2D eigenvalue weighted by molar-refractivity contribution is -0.121. The number of carbonyl (C=O) groups is 1. The molecule has 9 heteroatoms.